The van der Waals surface area contributed by atoms with E-state index in [0.717, 1.165) is 39.6 Å². The number of urea groups is 1. The van der Waals surface area contributed by atoms with Crippen LogP contribution in [-0.4, -0.2) is 59.5 Å². The third-order valence-electron chi connectivity index (χ3n) is 5.95. The molecule has 0 saturated carbocycles. The lowest BCUT2D eigenvalue weighted by molar-refractivity contribution is -0.140. The second kappa shape index (κ2) is 8.08. The fourth-order valence-electron chi connectivity index (χ4n) is 4.19. The number of rotatable bonds is 5. The molecule has 0 spiro atoms. The molecule has 0 radical (unpaired) electrons. The predicted octanol–water partition coefficient (Wildman–Crippen LogP) is 2.97. The number of fused-ring (bicyclic) bond motifs is 1. The molecule has 0 bridgehead atoms. The van der Waals surface area contributed by atoms with Crippen molar-refractivity contribution in [1.29, 1.82) is 0 Å². The molecule has 32 heavy (non-hydrogen) atoms. The average molecular weight is 434 g/mol. The summed E-state index contributed by atoms with van der Waals surface area (Å²) in [6.45, 7) is 1.39. The number of imide groups is 2. The number of nitrogens with zero attached hydrogens (tertiary/aromatic N) is 4. The Bertz CT molecular complexity index is 1160. The summed E-state index contributed by atoms with van der Waals surface area (Å²) in [5.74, 6) is -0.282. The van der Waals surface area contributed by atoms with Crippen LogP contribution in [0.15, 0.2) is 52.9 Å². The van der Waals surface area contributed by atoms with Crippen LogP contribution in [-0.2, 0) is 9.59 Å². The summed E-state index contributed by atoms with van der Waals surface area (Å²) < 4.78 is 11.1. The molecule has 9 heteroatoms. The highest BCUT2D eigenvalue weighted by Crippen LogP contribution is 2.31. The van der Waals surface area contributed by atoms with Crippen molar-refractivity contribution < 1.29 is 23.5 Å². The number of hydrogen-bond donors (Lipinski definition) is 0. The molecular weight excluding hydrogens is 412 g/mol. The Morgan fingerprint density at radius 3 is 2.56 bits per heavy atom. The van der Waals surface area contributed by atoms with Gasteiger partial charge in [0.2, 0.25) is 0 Å². The molecule has 1 aromatic heterocycles. The molecule has 3 heterocycles. The first-order valence-electron chi connectivity index (χ1n) is 10.5. The quantitative estimate of drug-likeness (QED) is 0.450. The third kappa shape index (κ3) is 3.50. The molecule has 2 aliphatic heterocycles. The van der Waals surface area contributed by atoms with Crippen molar-refractivity contribution in [3.63, 3.8) is 0 Å². The van der Waals surface area contributed by atoms with Gasteiger partial charge in [0.05, 0.1) is 19.5 Å². The number of amides is 4. The van der Waals surface area contributed by atoms with Gasteiger partial charge in [-0.15, -0.1) is 0 Å². The molecule has 2 aliphatic rings. The second-order valence-electron chi connectivity index (χ2n) is 7.91. The van der Waals surface area contributed by atoms with Crippen molar-refractivity contribution in [3.8, 4) is 5.75 Å². The lowest BCUT2D eigenvalue weighted by Gasteiger charge is -2.32. The Hall–Kier alpha value is -3.72. The zero-order valence-electron chi connectivity index (χ0n) is 17.6. The number of methoxy groups -OCH3 is 1. The highest BCUT2D eigenvalue weighted by Gasteiger charge is 2.46. The second-order valence-corrected chi connectivity index (χ2v) is 7.91. The van der Waals surface area contributed by atoms with E-state index in [0.29, 0.717) is 24.5 Å². The van der Waals surface area contributed by atoms with Crippen molar-refractivity contribution >= 4 is 34.6 Å². The van der Waals surface area contributed by atoms with Crippen molar-refractivity contribution in [1.82, 2.24) is 14.8 Å². The minimum atomic E-state index is -0.857. The maximum atomic E-state index is 12.9. The molecule has 5 rings (SSSR count). The molecule has 2 saturated heterocycles. The third-order valence-corrected chi connectivity index (χ3v) is 5.95. The van der Waals surface area contributed by atoms with Gasteiger partial charge < -0.3 is 9.15 Å². The number of aromatic nitrogens is 1. The summed E-state index contributed by atoms with van der Waals surface area (Å²) in [5, 5.41) is 0. The summed E-state index contributed by atoms with van der Waals surface area (Å²) in [6, 6.07) is 13.5. The van der Waals surface area contributed by atoms with Gasteiger partial charge >= 0.3 is 17.8 Å². The van der Waals surface area contributed by atoms with E-state index in [1.807, 2.05) is 29.2 Å². The van der Waals surface area contributed by atoms with Gasteiger partial charge in [-0.1, -0.05) is 18.2 Å². The van der Waals surface area contributed by atoms with E-state index in [1.165, 1.54) is 7.11 Å². The average Bonchev–Trinajstić information content (AvgIpc) is 3.34. The van der Waals surface area contributed by atoms with Crippen molar-refractivity contribution in [2.24, 2.45) is 0 Å². The van der Waals surface area contributed by atoms with Gasteiger partial charge in [0.25, 0.3) is 0 Å². The summed E-state index contributed by atoms with van der Waals surface area (Å²) in [6.07, 6.45) is 1.58. The van der Waals surface area contributed by atoms with E-state index >= 15 is 0 Å². The number of ether oxygens (including phenoxy) is 1. The van der Waals surface area contributed by atoms with Crippen LogP contribution in [0.5, 0.6) is 5.75 Å². The van der Waals surface area contributed by atoms with Crippen molar-refractivity contribution in [3.05, 3.63) is 54.4 Å². The van der Waals surface area contributed by atoms with Gasteiger partial charge in [-0.05, 0) is 37.1 Å². The Morgan fingerprint density at radius 2 is 1.81 bits per heavy atom. The maximum Gasteiger partial charge on any atom is 0.340 e. The number of benzene rings is 2. The molecule has 0 unspecified atom stereocenters. The van der Waals surface area contributed by atoms with E-state index in [9.17, 15) is 14.4 Å². The summed E-state index contributed by atoms with van der Waals surface area (Å²) >= 11 is 0. The van der Waals surface area contributed by atoms with Crippen LogP contribution in [0.3, 0.4) is 0 Å². The standard InChI is InChI=1S/C23H22N4O5/c1-31-17-6-4-5-16(13-17)27-22(29)21(28)26(23(27)30)14-25-11-9-15(10-12-25)20-24-18-7-2-3-8-19(18)32-20/h2-8,13,15H,9-12,14H2,1H3. The number of carbonyl (C=O) groups excluding carboxylic acids is 3. The maximum absolute atomic E-state index is 12.9. The zero-order chi connectivity index (χ0) is 22.2. The first-order valence-corrected chi connectivity index (χ1v) is 10.5. The molecule has 3 aromatic rings. The highest BCUT2D eigenvalue weighted by molar-refractivity contribution is 6.52. The first kappa shape index (κ1) is 20.2. The zero-order valence-corrected chi connectivity index (χ0v) is 17.6. The Labute approximate surface area is 184 Å². The Morgan fingerprint density at radius 1 is 1.03 bits per heavy atom. The fourth-order valence-corrected chi connectivity index (χ4v) is 4.19. The largest absolute Gasteiger partial charge is 0.497 e. The van der Waals surface area contributed by atoms with E-state index < -0.39 is 17.8 Å². The number of hydrogen-bond acceptors (Lipinski definition) is 7. The van der Waals surface area contributed by atoms with E-state index in [4.69, 9.17) is 9.15 Å². The number of likely N-dealkylation sites (tertiary alicyclic amines) is 1. The normalized spacial score (nSPS) is 18.2. The molecule has 0 aliphatic carbocycles. The van der Waals surface area contributed by atoms with E-state index in [-0.39, 0.29) is 12.6 Å². The summed E-state index contributed by atoms with van der Waals surface area (Å²) in [4.78, 5) is 46.5. The van der Waals surface area contributed by atoms with Crippen LogP contribution in [0, 0.1) is 0 Å². The number of para-hydroxylation sites is 2. The van der Waals surface area contributed by atoms with Crippen LogP contribution in [0.2, 0.25) is 0 Å². The highest BCUT2D eigenvalue weighted by atomic mass is 16.5. The van der Waals surface area contributed by atoms with Crippen LogP contribution < -0.4 is 9.64 Å². The number of oxazole rings is 1. The van der Waals surface area contributed by atoms with Gasteiger partial charge in [-0.3, -0.25) is 14.5 Å². The Kier molecular flexibility index (Phi) is 5.10. The van der Waals surface area contributed by atoms with Crippen LogP contribution in [0.25, 0.3) is 11.1 Å². The van der Waals surface area contributed by atoms with Gasteiger partial charge in [-0.2, -0.15) is 0 Å². The fraction of sp³-hybridized carbons (Fsp3) is 0.304. The SMILES string of the molecule is COc1cccc(N2C(=O)C(=O)N(CN3CCC(c4nc5ccccc5o4)CC3)C2=O)c1. The van der Waals surface area contributed by atoms with E-state index in [1.54, 1.807) is 24.3 Å². The molecule has 2 aromatic carbocycles. The minimum absolute atomic E-state index is 0.0736. The first-order chi connectivity index (χ1) is 15.5. The summed E-state index contributed by atoms with van der Waals surface area (Å²) in [7, 11) is 1.49. The van der Waals surface area contributed by atoms with Crippen molar-refractivity contribution in [2.75, 3.05) is 31.8 Å². The topological polar surface area (TPSA) is 96.2 Å². The van der Waals surface area contributed by atoms with Crippen LogP contribution >= 0.6 is 0 Å². The number of piperidine rings is 1. The molecule has 164 valence electrons. The monoisotopic (exact) mass is 434 g/mol. The van der Waals surface area contributed by atoms with Crippen LogP contribution in [0.4, 0.5) is 10.5 Å². The van der Waals surface area contributed by atoms with E-state index in [2.05, 4.69) is 4.98 Å². The molecule has 4 amide bonds. The minimum Gasteiger partial charge on any atom is -0.497 e. The van der Waals surface area contributed by atoms with Crippen molar-refractivity contribution in [2.45, 2.75) is 18.8 Å². The van der Waals surface area contributed by atoms with Crippen LogP contribution in [0.1, 0.15) is 24.7 Å². The smallest absolute Gasteiger partial charge is 0.340 e. The summed E-state index contributed by atoms with van der Waals surface area (Å²) in [5.41, 5.74) is 1.92. The number of carbonyl (C=O) groups is 3. The van der Waals surface area contributed by atoms with Gasteiger partial charge in [-0.25, -0.2) is 19.6 Å². The predicted molar refractivity (Wildman–Crippen MR) is 115 cm³/mol. The Balaban J connectivity index is 1.25. The number of anilines is 1. The molecule has 0 atom stereocenters. The lowest BCUT2D eigenvalue weighted by Crippen LogP contribution is -2.45. The lowest BCUT2D eigenvalue weighted by atomic mass is 9.97. The molecular formula is C23H22N4O5. The molecule has 9 nitrogen and oxygen atoms in total. The van der Waals surface area contributed by atoms with Gasteiger partial charge in [0.1, 0.15) is 11.3 Å². The van der Waals surface area contributed by atoms with Gasteiger partial charge in [0.15, 0.2) is 11.5 Å². The molecule has 2 fully saturated rings. The van der Waals surface area contributed by atoms with Gasteiger partial charge in [0, 0.05) is 25.1 Å². The molecule has 0 N–H and O–H groups in total.